The average Bonchev–Trinajstić information content (AvgIpc) is 2.90. The van der Waals surface area contributed by atoms with Gasteiger partial charge in [-0.3, -0.25) is 0 Å². The van der Waals surface area contributed by atoms with Gasteiger partial charge in [0, 0.05) is 5.39 Å². The van der Waals surface area contributed by atoms with E-state index in [-0.39, 0.29) is 56.3 Å². The largest absolute Gasteiger partial charge is 1.00 e. The van der Waals surface area contributed by atoms with Crippen LogP contribution in [0.15, 0.2) is 35.2 Å². The molecule has 0 aromatic heterocycles. The Morgan fingerprint density at radius 3 is 1.38 bits per heavy atom. The first kappa shape index (κ1) is 37.3. The Morgan fingerprint density at radius 1 is 0.538 bits per heavy atom. The molecule has 0 N–H and O–H groups in total. The maximum absolute atomic E-state index is 12.5. The van der Waals surface area contributed by atoms with E-state index in [1.165, 1.54) is 103 Å². The predicted octanol–water partition coefficient (Wildman–Crippen LogP) is 7.67. The quantitative estimate of drug-likeness (QED) is 0.0767. The number of hydrogen-bond donors (Lipinski definition) is 0. The van der Waals surface area contributed by atoms with E-state index in [0.29, 0.717) is 17.4 Å². The molecule has 2 aromatic carbocycles. The third kappa shape index (κ3) is 15.3. The molecule has 0 amide bonds. The summed E-state index contributed by atoms with van der Waals surface area (Å²) >= 11 is 0. The molecule has 0 radical (unpaired) electrons. The molecule has 2 aromatic rings. The van der Waals surface area contributed by atoms with Crippen molar-refractivity contribution < 1.29 is 64.4 Å². The van der Waals surface area contributed by atoms with E-state index in [1.54, 1.807) is 0 Å². The van der Waals surface area contributed by atoms with E-state index in [9.17, 15) is 13.0 Å². The molecule has 0 heterocycles. The summed E-state index contributed by atoms with van der Waals surface area (Å²) in [6, 6.07) is 9.85. The van der Waals surface area contributed by atoms with Crippen molar-refractivity contribution in [3.63, 3.8) is 0 Å². The van der Waals surface area contributed by atoms with E-state index in [2.05, 4.69) is 13.8 Å². The third-order valence-corrected chi connectivity index (χ3v) is 8.98. The number of unbranched alkanes of at least 4 members (excludes halogenated alkanes) is 18. The van der Waals surface area contributed by atoms with Crippen molar-refractivity contribution in [3.8, 4) is 0 Å². The van der Waals surface area contributed by atoms with Crippen molar-refractivity contribution in [3.05, 3.63) is 41.5 Å². The van der Waals surface area contributed by atoms with Crippen molar-refractivity contribution in [1.29, 1.82) is 0 Å². The van der Waals surface area contributed by atoms with Crippen molar-refractivity contribution >= 4 is 20.9 Å². The van der Waals surface area contributed by atoms with Crippen LogP contribution in [-0.2, 0) is 23.0 Å². The van der Waals surface area contributed by atoms with Gasteiger partial charge in [0.15, 0.2) is 0 Å². The van der Waals surface area contributed by atoms with Gasteiger partial charge in [-0.15, -0.1) is 0 Å². The average molecular weight is 583 g/mol. The van der Waals surface area contributed by atoms with E-state index < -0.39 is 10.1 Å². The fourth-order valence-electron chi connectivity index (χ4n) is 5.76. The predicted molar refractivity (Wildman–Crippen MR) is 163 cm³/mol. The first-order valence-electron chi connectivity index (χ1n) is 16.0. The smallest absolute Gasteiger partial charge is 0.744 e. The van der Waals surface area contributed by atoms with Gasteiger partial charge in [0.2, 0.25) is 0 Å². The monoisotopic (exact) mass is 582 g/mol. The van der Waals surface area contributed by atoms with Gasteiger partial charge in [-0.05, 0) is 42.2 Å². The molecule has 0 unspecified atom stereocenters. The molecule has 2 rings (SSSR count). The summed E-state index contributed by atoms with van der Waals surface area (Å²) in [5, 5.41) is 1.55. The van der Waals surface area contributed by atoms with Gasteiger partial charge in [-0.2, -0.15) is 0 Å². The van der Waals surface area contributed by atoms with Crippen LogP contribution in [0.3, 0.4) is 0 Å². The van der Waals surface area contributed by atoms with Crippen LogP contribution in [0.4, 0.5) is 0 Å². The van der Waals surface area contributed by atoms with E-state index in [1.807, 2.05) is 30.3 Å². The summed E-state index contributed by atoms with van der Waals surface area (Å²) in [5.41, 5.74) is 1.73. The fourth-order valence-corrected chi connectivity index (χ4v) is 6.75. The van der Waals surface area contributed by atoms with Crippen LogP contribution in [0.5, 0.6) is 0 Å². The number of fused-ring (bicyclic) bond motifs is 1. The van der Waals surface area contributed by atoms with Gasteiger partial charge in [0.25, 0.3) is 0 Å². The minimum Gasteiger partial charge on any atom is -0.744 e. The maximum Gasteiger partial charge on any atom is 1.00 e. The number of hydrogen-bond acceptors (Lipinski definition) is 3. The summed E-state index contributed by atoms with van der Waals surface area (Å²) in [4.78, 5) is 0.0496. The third-order valence-electron chi connectivity index (χ3n) is 8.02. The zero-order valence-corrected chi connectivity index (χ0v) is 29.5. The van der Waals surface area contributed by atoms with Crippen molar-refractivity contribution in [2.24, 2.45) is 0 Å². The second-order valence-electron chi connectivity index (χ2n) is 11.4. The second-order valence-corrected chi connectivity index (χ2v) is 12.7. The minimum atomic E-state index is -4.55. The van der Waals surface area contributed by atoms with E-state index in [0.717, 1.165) is 43.1 Å². The van der Waals surface area contributed by atoms with Gasteiger partial charge in [-0.25, -0.2) is 8.42 Å². The van der Waals surface area contributed by atoms with Gasteiger partial charge < -0.3 is 4.55 Å². The van der Waals surface area contributed by atoms with Crippen molar-refractivity contribution in [1.82, 2.24) is 0 Å². The van der Waals surface area contributed by atoms with Crippen LogP contribution in [0.2, 0.25) is 0 Å². The van der Waals surface area contributed by atoms with Crippen LogP contribution in [-0.4, -0.2) is 13.0 Å². The zero-order valence-electron chi connectivity index (χ0n) is 25.6. The summed E-state index contributed by atoms with van der Waals surface area (Å²) in [6.07, 6.45) is 26.6. The molecule has 0 spiro atoms. The topological polar surface area (TPSA) is 57.2 Å². The van der Waals surface area contributed by atoms with Crippen LogP contribution in [0, 0.1) is 0 Å². The van der Waals surface area contributed by atoms with E-state index >= 15 is 0 Å². The molecule has 0 atom stereocenters. The Kier molecular flexibility index (Phi) is 21.8. The Bertz CT molecular complexity index is 1000. The number of rotatable bonds is 23. The molecular weight excluding hydrogens is 528 g/mol. The molecule has 0 aliphatic rings. The van der Waals surface area contributed by atoms with Gasteiger partial charge in [0.05, 0.1) is 4.90 Å². The molecule has 216 valence electrons. The standard InChI is InChI=1S/C34H56O3S.K/c1-3-5-7-9-11-13-15-17-19-21-24-30-26-23-27-31-28-29-32(34(33(30)31)38(35,36)37)25-22-20-18-16-14-12-10-8-6-4-2;/h23,26-29H,3-22,24-25H2,1-2H3,(H,35,36,37);/q;+1/p-1. The molecule has 0 aliphatic carbocycles. The molecule has 0 saturated carbocycles. The Balaban J connectivity index is 0.00000760. The molecule has 39 heavy (non-hydrogen) atoms. The Hall–Kier alpha value is 0.246. The van der Waals surface area contributed by atoms with E-state index in [4.69, 9.17) is 0 Å². The number of benzene rings is 2. The van der Waals surface area contributed by atoms with Crippen molar-refractivity contribution in [2.45, 2.75) is 160 Å². The van der Waals surface area contributed by atoms with Crippen LogP contribution < -0.4 is 51.4 Å². The van der Waals surface area contributed by atoms with Crippen LogP contribution in [0.1, 0.15) is 153 Å². The van der Waals surface area contributed by atoms with Crippen molar-refractivity contribution in [2.75, 3.05) is 0 Å². The molecular formula is C34H55KO3S. The number of aryl methyl sites for hydroxylation is 2. The zero-order chi connectivity index (χ0) is 27.5. The molecule has 3 nitrogen and oxygen atoms in total. The Labute approximate surface area is 283 Å². The summed E-state index contributed by atoms with van der Waals surface area (Å²) in [5.74, 6) is 0. The SMILES string of the molecule is CCCCCCCCCCCCc1ccc2cccc(CCCCCCCCCCCC)c2c1S(=O)(=O)[O-].[K+]. The maximum atomic E-state index is 12.5. The summed E-state index contributed by atoms with van der Waals surface area (Å²) < 4.78 is 37.5. The first-order chi connectivity index (χ1) is 18.5. The van der Waals surface area contributed by atoms with Gasteiger partial charge >= 0.3 is 51.4 Å². The summed E-state index contributed by atoms with van der Waals surface area (Å²) in [6.45, 7) is 4.50. The summed E-state index contributed by atoms with van der Waals surface area (Å²) in [7, 11) is -4.55. The molecule has 0 aliphatic heterocycles. The van der Waals surface area contributed by atoms with Gasteiger partial charge in [0.1, 0.15) is 10.1 Å². The molecule has 0 bridgehead atoms. The molecule has 0 saturated heterocycles. The second kappa shape index (κ2) is 22.8. The minimum absolute atomic E-state index is 0. The first-order valence-corrected chi connectivity index (χ1v) is 17.4. The fraction of sp³-hybridized carbons (Fsp3) is 0.706. The molecule has 0 fully saturated rings. The normalized spacial score (nSPS) is 11.7. The Morgan fingerprint density at radius 2 is 0.949 bits per heavy atom. The van der Waals surface area contributed by atoms with Crippen LogP contribution in [0.25, 0.3) is 10.8 Å². The van der Waals surface area contributed by atoms with Gasteiger partial charge in [-0.1, -0.05) is 160 Å². The molecule has 5 heteroatoms. The van der Waals surface area contributed by atoms with Crippen LogP contribution >= 0.6 is 0 Å².